The number of aromatic amines is 1. The van der Waals surface area contributed by atoms with E-state index in [9.17, 15) is 4.79 Å². The molecule has 1 aromatic heterocycles. The SMILES string of the molecule is CCOc1cc(/C=N/n2c(=O)cn[nH]c2=S)ccc1OCc1cccc(Cl)c1. The van der Waals surface area contributed by atoms with Gasteiger partial charge in [-0.2, -0.15) is 14.9 Å². The fourth-order valence-electron chi connectivity index (χ4n) is 2.36. The van der Waals surface area contributed by atoms with E-state index in [1.165, 1.54) is 6.21 Å². The summed E-state index contributed by atoms with van der Waals surface area (Å²) in [4.78, 5) is 11.8. The van der Waals surface area contributed by atoms with Crippen molar-refractivity contribution in [1.29, 1.82) is 0 Å². The van der Waals surface area contributed by atoms with E-state index in [1.54, 1.807) is 18.2 Å². The summed E-state index contributed by atoms with van der Waals surface area (Å²) in [6.45, 7) is 2.72. The third-order valence-corrected chi connectivity index (χ3v) is 4.11. The Morgan fingerprint density at radius 1 is 1.25 bits per heavy atom. The molecule has 1 N–H and O–H groups in total. The van der Waals surface area contributed by atoms with Crippen molar-refractivity contribution in [2.24, 2.45) is 5.10 Å². The molecule has 0 bridgehead atoms. The Hall–Kier alpha value is -2.97. The molecule has 0 fully saturated rings. The Bertz CT molecular complexity index is 1080. The fraction of sp³-hybridized carbons (Fsp3) is 0.158. The minimum atomic E-state index is -0.425. The van der Waals surface area contributed by atoms with Crippen molar-refractivity contribution in [2.75, 3.05) is 6.61 Å². The number of nitrogens with one attached hydrogen (secondary N) is 1. The molecule has 144 valence electrons. The van der Waals surface area contributed by atoms with Crippen molar-refractivity contribution < 1.29 is 9.47 Å². The highest BCUT2D eigenvalue weighted by Crippen LogP contribution is 2.29. The Balaban J connectivity index is 1.81. The zero-order valence-corrected chi connectivity index (χ0v) is 16.5. The van der Waals surface area contributed by atoms with Crippen LogP contribution in [-0.4, -0.2) is 27.7 Å². The lowest BCUT2D eigenvalue weighted by Crippen LogP contribution is -2.18. The number of hydrogen-bond donors (Lipinski definition) is 1. The standard InChI is InChI=1S/C19H17ClN4O3S/c1-2-26-17-9-13(10-22-24-18(25)11-21-23-19(24)28)6-7-16(17)27-12-14-4-3-5-15(20)8-14/h3-11H,2,12H2,1H3,(H,23,28)/b22-10+. The lowest BCUT2D eigenvalue weighted by molar-refractivity contribution is 0.269. The Kier molecular flexibility index (Phi) is 6.57. The molecule has 0 saturated carbocycles. The molecule has 9 heteroatoms. The molecule has 28 heavy (non-hydrogen) atoms. The first-order chi connectivity index (χ1) is 13.6. The van der Waals surface area contributed by atoms with E-state index in [-0.39, 0.29) is 4.77 Å². The lowest BCUT2D eigenvalue weighted by Gasteiger charge is -2.12. The van der Waals surface area contributed by atoms with Crippen LogP contribution in [0.25, 0.3) is 0 Å². The van der Waals surface area contributed by atoms with Crippen LogP contribution in [-0.2, 0) is 6.61 Å². The smallest absolute Gasteiger partial charge is 0.293 e. The van der Waals surface area contributed by atoms with Gasteiger partial charge in [0.2, 0.25) is 4.77 Å². The van der Waals surface area contributed by atoms with E-state index in [0.29, 0.717) is 29.7 Å². The maximum Gasteiger partial charge on any atom is 0.293 e. The number of nitrogens with zero attached hydrogens (tertiary/aromatic N) is 3. The number of benzene rings is 2. The number of ether oxygens (including phenoxy) is 2. The number of hydrogen-bond acceptors (Lipinski definition) is 6. The summed E-state index contributed by atoms with van der Waals surface area (Å²) in [5.41, 5.74) is 1.25. The van der Waals surface area contributed by atoms with Gasteiger partial charge in [-0.3, -0.25) is 9.89 Å². The molecule has 1 heterocycles. The maximum atomic E-state index is 11.8. The van der Waals surface area contributed by atoms with Gasteiger partial charge in [0.1, 0.15) is 12.8 Å². The van der Waals surface area contributed by atoms with Crippen molar-refractivity contribution in [1.82, 2.24) is 14.9 Å². The van der Waals surface area contributed by atoms with Gasteiger partial charge >= 0.3 is 0 Å². The van der Waals surface area contributed by atoms with Crippen LogP contribution in [0.1, 0.15) is 18.1 Å². The zero-order valence-electron chi connectivity index (χ0n) is 15.0. The molecule has 3 aromatic rings. The zero-order chi connectivity index (χ0) is 19.9. The van der Waals surface area contributed by atoms with Crippen molar-refractivity contribution >= 4 is 30.0 Å². The van der Waals surface area contributed by atoms with E-state index < -0.39 is 5.56 Å². The summed E-state index contributed by atoms with van der Waals surface area (Å²) in [5, 5.41) is 10.9. The molecule has 0 aliphatic rings. The van der Waals surface area contributed by atoms with Gasteiger partial charge in [0.15, 0.2) is 11.5 Å². The van der Waals surface area contributed by atoms with Gasteiger partial charge in [-0.15, -0.1) is 0 Å². The normalized spacial score (nSPS) is 10.9. The van der Waals surface area contributed by atoms with Gasteiger partial charge in [0.05, 0.1) is 12.8 Å². The monoisotopic (exact) mass is 416 g/mol. The Morgan fingerprint density at radius 2 is 2.11 bits per heavy atom. The molecular weight excluding hydrogens is 400 g/mol. The van der Waals surface area contributed by atoms with Gasteiger partial charge in [0, 0.05) is 5.02 Å². The molecule has 0 aliphatic carbocycles. The molecule has 0 unspecified atom stereocenters. The fourth-order valence-corrected chi connectivity index (χ4v) is 2.76. The van der Waals surface area contributed by atoms with Gasteiger partial charge in [-0.05, 0) is 60.6 Å². The van der Waals surface area contributed by atoms with Crippen molar-refractivity contribution in [3.8, 4) is 11.5 Å². The Labute approximate surface area is 171 Å². The number of H-pyrrole nitrogens is 1. The first-order valence-corrected chi connectivity index (χ1v) is 9.20. The van der Waals surface area contributed by atoms with E-state index in [1.807, 2.05) is 31.2 Å². The second kappa shape index (κ2) is 9.29. The van der Waals surface area contributed by atoms with Crippen LogP contribution >= 0.6 is 23.8 Å². The van der Waals surface area contributed by atoms with Crippen LogP contribution in [0.3, 0.4) is 0 Å². The van der Waals surface area contributed by atoms with Gasteiger partial charge in [-0.25, -0.2) is 0 Å². The molecule has 7 nitrogen and oxygen atoms in total. The topological polar surface area (TPSA) is 81.5 Å². The molecule has 0 spiro atoms. The number of rotatable bonds is 7. The van der Waals surface area contributed by atoms with Crippen LogP contribution in [0.5, 0.6) is 11.5 Å². The number of aromatic nitrogens is 3. The summed E-state index contributed by atoms with van der Waals surface area (Å²) in [7, 11) is 0. The average molecular weight is 417 g/mol. The third-order valence-electron chi connectivity index (χ3n) is 3.61. The molecule has 0 aliphatic heterocycles. The van der Waals surface area contributed by atoms with E-state index in [0.717, 1.165) is 22.0 Å². The van der Waals surface area contributed by atoms with Crippen LogP contribution in [0.4, 0.5) is 0 Å². The minimum Gasteiger partial charge on any atom is -0.490 e. The summed E-state index contributed by atoms with van der Waals surface area (Å²) in [5.74, 6) is 1.16. The molecule has 2 aromatic carbocycles. The molecule has 0 atom stereocenters. The van der Waals surface area contributed by atoms with E-state index in [4.69, 9.17) is 33.3 Å². The summed E-state index contributed by atoms with van der Waals surface area (Å²) < 4.78 is 12.7. The molecule has 3 rings (SSSR count). The first-order valence-electron chi connectivity index (χ1n) is 8.42. The van der Waals surface area contributed by atoms with Crippen molar-refractivity contribution in [3.05, 3.63) is 79.9 Å². The third kappa shape index (κ3) is 5.05. The lowest BCUT2D eigenvalue weighted by atomic mass is 10.2. The van der Waals surface area contributed by atoms with Gasteiger partial charge in [0.25, 0.3) is 5.56 Å². The second-order valence-corrected chi connectivity index (χ2v) is 6.45. The predicted molar refractivity (Wildman–Crippen MR) is 110 cm³/mol. The van der Waals surface area contributed by atoms with Crippen LogP contribution in [0, 0.1) is 4.77 Å². The minimum absolute atomic E-state index is 0.107. The van der Waals surface area contributed by atoms with Crippen molar-refractivity contribution in [2.45, 2.75) is 13.5 Å². The number of halogens is 1. The van der Waals surface area contributed by atoms with Crippen LogP contribution in [0.2, 0.25) is 5.02 Å². The highest BCUT2D eigenvalue weighted by atomic mass is 35.5. The molecule has 0 saturated heterocycles. The molecule has 0 radical (unpaired) electrons. The quantitative estimate of drug-likeness (QED) is 0.467. The second-order valence-electron chi connectivity index (χ2n) is 5.63. The summed E-state index contributed by atoms with van der Waals surface area (Å²) in [6.07, 6.45) is 2.61. The van der Waals surface area contributed by atoms with Gasteiger partial charge in [-0.1, -0.05) is 23.7 Å². The highest BCUT2D eigenvalue weighted by molar-refractivity contribution is 7.71. The highest BCUT2D eigenvalue weighted by Gasteiger charge is 2.07. The summed E-state index contributed by atoms with van der Waals surface area (Å²) in [6, 6.07) is 12.8. The first kappa shape index (κ1) is 19.8. The molecular formula is C19H17ClN4O3S. The van der Waals surface area contributed by atoms with Crippen LogP contribution < -0.4 is 15.0 Å². The maximum absolute atomic E-state index is 11.8. The Morgan fingerprint density at radius 3 is 2.86 bits per heavy atom. The van der Waals surface area contributed by atoms with Gasteiger partial charge < -0.3 is 9.47 Å². The van der Waals surface area contributed by atoms with Crippen LogP contribution in [0.15, 0.2) is 58.6 Å². The van der Waals surface area contributed by atoms with E-state index >= 15 is 0 Å². The summed E-state index contributed by atoms with van der Waals surface area (Å²) >= 11 is 11.0. The molecule has 0 amide bonds. The van der Waals surface area contributed by atoms with Crippen molar-refractivity contribution in [3.63, 3.8) is 0 Å². The largest absolute Gasteiger partial charge is 0.490 e. The predicted octanol–water partition coefficient (Wildman–Crippen LogP) is 3.81. The average Bonchev–Trinajstić information content (AvgIpc) is 2.67. The van der Waals surface area contributed by atoms with E-state index in [2.05, 4.69) is 15.3 Å².